The van der Waals surface area contributed by atoms with Crippen LogP contribution >= 0.6 is 15.9 Å². The van der Waals surface area contributed by atoms with Crippen LogP contribution in [0.2, 0.25) is 0 Å². The molecule has 4 nitrogen and oxygen atoms in total. The molecule has 1 fully saturated rings. The number of halogens is 1. The van der Waals surface area contributed by atoms with Crippen LogP contribution in [0.1, 0.15) is 25.7 Å². The van der Waals surface area contributed by atoms with Gasteiger partial charge in [-0.2, -0.15) is 0 Å². The molecule has 19 heavy (non-hydrogen) atoms. The molecule has 0 aromatic heterocycles. The molecule has 0 amide bonds. The highest BCUT2D eigenvalue weighted by Crippen LogP contribution is 2.26. The van der Waals surface area contributed by atoms with Gasteiger partial charge >= 0.3 is 0 Å². The molecule has 6 heteroatoms. The number of hydrogen-bond donors (Lipinski definition) is 2. The largest absolute Gasteiger partial charge is 0.495 e. The van der Waals surface area contributed by atoms with Crippen LogP contribution in [0.25, 0.3) is 0 Å². The minimum Gasteiger partial charge on any atom is -0.495 e. The van der Waals surface area contributed by atoms with Crippen molar-refractivity contribution >= 4 is 26.9 Å². The summed E-state index contributed by atoms with van der Waals surface area (Å²) in [5.41, 5.74) is 0. The fraction of sp³-hybridized carbons (Fsp3) is 0.538. The van der Waals surface area contributed by atoms with E-state index in [0.29, 0.717) is 10.6 Å². The summed E-state index contributed by atoms with van der Waals surface area (Å²) in [5, 5.41) is 9.47. The average Bonchev–Trinajstić information content (AvgIpc) is 2.41. The second-order valence-electron chi connectivity index (χ2n) is 4.69. The predicted octanol–water partition coefficient (Wildman–Crippen LogP) is 2.37. The number of benzene rings is 1. The zero-order valence-corrected chi connectivity index (χ0v) is 13.2. The van der Waals surface area contributed by atoms with Crippen LogP contribution in [0.15, 0.2) is 27.6 Å². The Balaban J connectivity index is 2.05. The number of nitrogens with one attached hydrogen (secondary N) is 1. The van der Waals surface area contributed by atoms with Crippen molar-refractivity contribution in [3.8, 4) is 5.75 Å². The Hall–Kier alpha value is -0.430. The molecule has 0 bridgehead atoms. The van der Waals surface area contributed by atoms with E-state index < -0.39 is 11.0 Å². The molecule has 0 heterocycles. The lowest BCUT2D eigenvalue weighted by atomic mass is 9.94. The minimum atomic E-state index is -1.30. The Morgan fingerprint density at radius 3 is 2.68 bits per heavy atom. The normalized spacial score (nSPS) is 25.0. The van der Waals surface area contributed by atoms with Crippen LogP contribution in [0.4, 0.5) is 0 Å². The van der Waals surface area contributed by atoms with Crippen molar-refractivity contribution in [1.29, 1.82) is 0 Å². The maximum absolute atomic E-state index is 12.4. The molecule has 0 radical (unpaired) electrons. The highest BCUT2D eigenvalue weighted by atomic mass is 79.9. The topological polar surface area (TPSA) is 58.6 Å². The molecular formula is C13H18BrNO3S. The number of aliphatic hydroxyl groups is 1. The standard InChI is InChI=1S/C13H18BrNO3S/c1-18-12-7-2-9(14)8-13(12)19(17)15-10-3-5-11(16)6-4-10/h2,7-8,10-11,15-16H,3-6H2,1H3. The average molecular weight is 348 g/mol. The van der Waals surface area contributed by atoms with E-state index in [4.69, 9.17) is 4.74 Å². The molecule has 1 aromatic rings. The molecule has 1 aromatic carbocycles. The molecule has 1 atom stereocenters. The molecule has 1 saturated carbocycles. The smallest absolute Gasteiger partial charge is 0.136 e. The van der Waals surface area contributed by atoms with Crippen molar-refractivity contribution in [2.24, 2.45) is 0 Å². The summed E-state index contributed by atoms with van der Waals surface area (Å²) < 4.78 is 21.6. The van der Waals surface area contributed by atoms with Gasteiger partial charge in [0.1, 0.15) is 16.7 Å². The van der Waals surface area contributed by atoms with Gasteiger partial charge in [0.15, 0.2) is 0 Å². The van der Waals surface area contributed by atoms with Gasteiger partial charge in [-0.3, -0.25) is 0 Å². The molecule has 0 aliphatic heterocycles. The second kappa shape index (κ2) is 6.83. The van der Waals surface area contributed by atoms with Crippen molar-refractivity contribution in [3.05, 3.63) is 22.7 Å². The Labute approximate surface area is 124 Å². The SMILES string of the molecule is COc1ccc(Br)cc1S(=O)NC1CCC(O)CC1. The van der Waals surface area contributed by atoms with Crippen molar-refractivity contribution < 1.29 is 14.1 Å². The maximum Gasteiger partial charge on any atom is 0.136 e. The van der Waals surface area contributed by atoms with Gasteiger partial charge in [0.2, 0.25) is 0 Å². The molecular weight excluding hydrogens is 330 g/mol. The Morgan fingerprint density at radius 2 is 2.05 bits per heavy atom. The van der Waals surface area contributed by atoms with Gasteiger partial charge in [-0.05, 0) is 43.9 Å². The molecule has 1 aliphatic rings. The summed E-state index contributed by atoms with van der Waals surface area (Å²) >= 11 is 3.38. The monoisotopic (exact) mass is 347 g/mol. The van der Waals surface area contributed by atoms with Crippen LogP contribution in [-0.4, -0.2) is 28.6 Å². The first kappa shape index (κ1) is 15.0. The summed E-state index contributed by atoms with van der Waals surface area (Å²) in [6, 6.07) is 5.65. The van der Waals surface area contributed by atoms with Gasteiger partial charge in [-0.15, -0.1) is 0 Å². The zero-order valence-electron chi connectivity index (χ0n) is 10.8. The van der Waals surface area contributed by atoms with E-state index in [9.17, 15) is 9.32 Å². The number of hydrogen-bond acceptors (Lipinski definition) is 3. The van der Waals surface area contributed by atoms with Gasteiger partial charge in [0, 0.05) is 10.5 Å². The molecule has 0 saturated heterocycles. The van der Waals surface area contributed by atoms with Crippen molar-refractivity contribution in [2.75, 3.05) is 7.11 Å². The van der Waals surface area contributed by atoms with E-state index in [-0.39, 0.29) is 12.1 Å². The number of aliphatic hydroxyl groups excluding tert-OH is 1. The maximum atomic E-state index is 12.4. The molecule has 0 spiro atoms. The fourth-order valence-corrected chi connectivity index (χ4v) is 3.95. The fourth-order valence-electron chi connectivity index (χ4n) is 2.20. The van der Waals surface area contributed by atoms with Crippen molar-refractivity contribution in [2.45, 2.75) is 42.7 Å². The molecule has 1 unspecified atom stereocenters. The Bertz CT molecular complexity index is 461. The van der Waals surface area contributed by atoms with Gasteiger partial charge in [0.25, 0.3) is 0 Å². The van der Waals surface area contributed by atoms with Gasteiger partial charge in [0.05, 0.1) is 18.1 Å². The minimum absolute atomic E-state index is 0.188. The number of ether oxygens (including phenoxy) is 1. The first-order valence-electron chi connectivity index (χ1n) is 6.29. The van der Waals surface area contributed by atoms with E-state index in [1.807, 2.05) is 6.07 Å². The molecule has 2 rings (SSSR count). The first-order chi connectivity index (χ1) is 9.10. The van der Waals surface area contributed by atoms with Crippen LogP contribution in [-0.2, 0) is 11.0 Å². The van der Waals surface area contributed by atoms with E-state index in [1.165, 1.54) is 0 Å². The second-order valence-corrected chi connectivity index (χ2v) is 6.82. The van der Waals surface area contributed by atoms with E-state index >= 15 is 0 Å². The zero-order chi connectivity index (χ0) is 13.8. The Morgan fingerprint density at radius 1 is 1.37 bits per heavy atom. The summed E-state index contributed by atoms with van der Waals surface area (Å²) in [5.74, 6) is 0.616. The molecule has 1 aliphatic carbocycles. The molecule has 2 N–H and O–H groups in total. The van der Waals surface area contributed by atoms with Crippen LogP contribution in [0, 0.1) is 0 Å². The quantitative estimate of drug-likeness (QED) is 0.878. The highest BCUT2D eigenvalue weighted by molar-refractivity contribution is 9.10. The van der Waals surface area contributed by atoms with Crippen molar-refractivity contribution in [3.63, 3.8) is 0 Å². The van der Waals surface area contributed by atoms with Crippen molar-refractivity contribution in [1.82, 2.24) is 4.72 Å². The summed E-state index contributed by atoms with van der Waals surface area (Å²) in [6.45, 7) is 0. The first-order valence-corrected chi connectivity index (χ1v) is 8.24. The third-order valence-corrected chi connectivity index (χ3v) is 5.05. The van der Waals surface area contributed by atoms with Crippen LogP contribution < -0.4 is 9.46 Å². The third kappa shape index (κ3) is 4.02. The Kier molecular flexibility index (Phi) is 5.38. The highest BCUT2D eigenvalue weighted by Gasteiger charge is 2.22. The molecule has 106 valence electrons. The summed E-state index contributed by atoms with van der Waals surface area (Å²) in [6.07, 6.45) is 3.04. The lowest BCUT2D eigenvalue weighted by molar-refractivity contribution is 0.121. The van der Waals surface area contributed by atoms with Gasteiger partial charge in [-0.25, -0.2) is 8.93 Å². The summed E-state index contributed by atoms with van der Waals surface area (Å²) in [4.78, 5) is 0.642. The third-order valence-electron chi connectivity index (χ3n) is 3.30. The summed E-state index contributed by atoms with van der Waals surface area (Å²) in [7, 11) is 0.270. The van der Waals surface area contributed by atoms with Gasteiger partial charge in [-0.1, -0.05) is 15.9 Å². The van der Waals surface area contributed by atoms with E-state index in [0.717, 1.165) is 30.2 Å². The van der Waals surface area contributed by atoms with E-state index in [1.54, 1.807) is 19.2 Å². The predicted molar refractivity (Wildman–Crippen MR) is 78.5 cm³/mol. The number of methoxy groups -OCH3 is 1. The number of rotatable bonds is 4. The van der Waals surface area contributed by atoms with Crippen LogP contribution in [0.3, 0.4) is 0 Å². The lowest BCUT2D eigenvalue weighted by Gasteiger charge is -2.25. The van der Waals surface area contributed by atoms with Crippen LogP contribution in [0.5, 0.6) is 5.75 Å². The van der Waals surface area contributed by atoms with Gasteiger partial charge < -0.3 is 9.84 Å². The van der Waals surface area contributed by atoms with E-state index in [2.05, 4.69) is 20.7 Å². The lowest BCUT2D eigenvalue weighted by Crippen LogP contribution is -2.35.